The number of halogens is 1. The Morgan fingerprint density at radius 1 is 1.14 bits per heavy atom. The lowest BCUT2D eigenvalue weighted by Gasteiger charge is -2.37. The van der Waals surface area contributed by atoms with Gasteiger partial charge in [0, 0.05) is 59.9 Å². The number of carbonyl (C=O) groups is 1. The van der Waals surface area contributed by atoms with E-state index in [-0.39, 0.29) is 5.92 Å². The summed E-state index contributed by atoms with van der Waals surface area (Å²) in [7, 11) is 0. The van der Waals surface area contributed by atoms with E-state index >= 15 is 0 Å². The average molecular weight is 395 g/mol. The summed E-state index contributed by atoms with van der Waals surface area (Å²) in [6.45, 7) is 3.20. The first-order valence-electron chi connectivity index (χ1n) is 9.93. The fourth-order valence-corrected chi connectivity index (χ4v) is 4.73. The monoisotopic (exact) mass is 394 g/mol. The second kappa shape index (κ2) is 7.13. The summed E-state index contributed by atoms with van der Waals surface area (Å²) in [4.78, 5) is 25.4. The minimum atomic E-state index is 0.0619. The van der Waals surface area contributed by atoms with E-state index in [2.05, 4.69) is 14.9 Å². The van der Waals surface area contributed by atoms with Crippen molar-refractivity contribution >= 4 is 34.2 Å². The molecule has 3 heterocycles. The number of hydrogen-bond donors (Lipinski definition) is 1. The molecule has 5 nitrogen and oxygen atoms in total. The minimum Gasteiger partial charge on any atom is -0.358 e. The number of nitrogens with one attached hydrogen (secondary N) is 1. The number of anilines is 1. The van der Waals surface area contributed by atoms with Crippen molar-refractivity contribution in [3.8, 4) is 0 Å². The summed E-state index contributed by atoms with van der Waals surface area (Å²) in [6, 6.07) is 11.9. The Morgan fingerprint density at radius 2 is 2.00 bits per heavy atom. The summed E-state index contributed by atoms with van der Waals surface area (Å²) in [6.07, 6.45) is 4.45. The standard InChI is InChI=1S/C22H23ClN4O/c23-16-5-7-20-18(14-16)17-13-15(4-6-19(17)25-20)22(28)27-11-9-26(10-12-27)21-3-1-2-8-24-21/h1-3,5,7-8,14-15,25H,4,6,9-13H2. The fourth-order valence-electron chi connectivity index (χ4n) is 4.56. The van der Waals surface area contributed by atoms with E-state index in [1.807, 2.05) is 47.5 Å². The van der Waals surface area contributed by atoms with E-state index in [9.17, 15) is 4.79 Å². The van der Waals surface area contributed by atoms with Crippen molar-refractivity contribution < 1.29 is 4.79 Å². The Balaban J connectivity index is 1.28. The summed E-state index contributed by atoms with van der Waals surface area (Å²) in [5, 5.41) is 1.91. The molecule has 0 bridgehead atoms. The zero-order chi connectivity index (χ0) is 19.1. The van der Waals surface area contributed by atoms with Crippen molar-refractivity contribution in [2.24, 2.45) is 5.92 Å². The smallest absolute Gasteiger partial charge is 0.226 e. The van der Waals surface area contributed by atoms with Gasteiger partial charge in [0.05, 0.1) is 0 Å². The van der Waals surface area contributed by atoms with Gasteiger partial charge in [0.2, 0.25) is 5.91 Å². The van der Waals surface area contributed by atoms with Gasteiger partial charge in [-0.1, -0.05) is 17.7 Å². The summed E-state index contributed by atoms with van der Waals surface area (Å²) >= 11 is 6.20. The highest BCUT2D eigenvalue weighted by molar-refractivity contribution is 6.31. The molecule has 144 valence electrons. The van der Waals surface area contributed by atoms with Crippen molar-refractivity contribution in [1.29, 1.82) is 0 Å². The lowest BCUT2D eigenvalue weighted by Crippen LogP contribution is -2.51. The Hall–Kier alpha value is -2.53. The fraction of sp³-hybridized carbons (Fsp3) is 0.364. The maximum absolute atomic E-state index is 13.2. The van der Waals surface area contributed by atoms with Crippen molar-refractivity contribution in [3.63, 3.8) is 0 Å². The quantitative estimate of drug-likeness (QED) is 0.721. The number of fused-ring (bicyclic) bond motifs is 3. The summed E-state index contributed by atoms with van der Waals surface area (Å²) in [5.74, 6) is 1.35. The highest BCUT2D eigenvalue weighted by atomic mass is 35.5. The van der Waals surface area contributed by atoms with Gasteiger partial charge in [-0.2, -0.15) is 0 Å². The number of pyridine rings is 1. The highest BCUT2D eigenvalue weighted by Crippen LogP contribution is 2.34. The van der Waals surface area contributed by atoms with Crippen LogP contribution in [0.3, 0.4) is 0 Å². The Morgan fingerprint density at radius 3 is 2.79 bits per heavy atom. The van der Waals surface area contributed by atoms with Gasteiger partial charge >= 0.3 is 0 Å². The van der Waals surface area contributed by atoms with E-state index in [4.69, 9.17) is 11.6 Å². The number of aryl methyl sites for hydroxylation is 1. The van der Waals surface area contributed by atoms with Gasteiger partial charge in [0.25, 0.3) is 0 Å². The van der Waals surface area contributed by atoms with Gasteiger partial charge in [-0.05, 0) is 55.2 Å². The van der Waals surface area contributed by atoms with Crippen LogP contribution in [0, 0.1) is 5.92 Å². The molecule has 1 atom stereocenters. The number of benzene rings is 1. The van der Waals surface area contributed by atoms with Crippen LogP contribution in [0.2, 0.25) is 5.02 Å². The van der Waals surface area contributed by atoms with Crippen molar-refractivity contribution in [1.82, 2.24) is 14.9 Å². The molecule has 1 fully saturated rings. The first-order valence-corrected chi connectivity index (χ1v) is 10.3. The molecule has 2 aliphatic rings. The van der Waals surface area contributed by atoms with Crippen LogP contribution in [0.4, 0.5) is 5.82 Å². The molecule has 1 saturated heterocycles. The Bertz CT molecular complexity index is 1010. The van der Waals surface area contributed by atoms with Crippen LogP contribution in [-0.4, -0.2) is 47.0 Å². The van der Waals surface area contributed by atoms with Crippen molar-refractivity contribution in [3.05, 3.63) is 58.9 Å². The third-order valence-electron chi connectivity index (χ3n) is 6.06. The largest absolute Gasteiger partial charge is 0.358 e. The van der Waals surface area contributed by atoms with Gasteiger partial charge in [-0.15, -0.1) is 0 Å². The number of nitrogens with zero attached hydrogens (tertiary/aromatic N) is 3. The number of H-pyrrole nitrogens is 1. The molecule has 1 aliphatic carbocycles. The average Bonchev–Trinajstić information content (AvgIpc) is 3.11. The molecule has 1 aliphatic heterocycles. The van der Waals surface area contributed by atoms with E-state index < -0.39 is 0 Å². The topological polar surface area (TPSA) is 52.2 Å². The van der Waals surface area contributed by atoms with Gasteiger partial charge < -0.3 is 14.8 Å². The summed E-state index contributed by atoms with van der Waals surface area (Å²) < 4.78 is 0. The number of piperazine rings is 1. The molecular formula is C22H23ClN4O. The molecule has 1 unspecified atom stereocenters. The molecule has 1 N–H and O–H groups in total. The number of aromatic nitrogens is 2. The van der Waals surface area contributed by atoms with Gasteiger partial charge in [-0.3, -0.25) is 4.79 Å². The molecular weight excluding hydrogens is 372 g/mol. The van der Waals surface area contributed by atoms with E-state index in [1.165, 1.54) is 16.6 Å². The summed E-state index contributed by atoms with van der Waals surface area (Å²) in [5.41, 5.74) is 3.65. The minimum absolute atomic E-state index is 0.0619. The second-order valence-electron chi connectivity index (χ2n) is 7.71. The maximum atomic E-state index is 13.2. The normalized spacial score (nSPS) is 19.7. The first-order chi connectivity index (χ1) is 13.7. The molecule has 6 heteroatoms. The third-order valence-corrected chi connectivity index (χ3v) is 6.30. The van der Waals surface area contributed by atoms with Crippen LogP contribution in [-0.2, 0) is 17.6 Å². The lowest BCUT2D eigenvalue weighted by atomic mass is 9.85. The number of carbonyl (C=O) groups excluding carboxylic acids is 1. The number of aromatic amines is 1. The first kappa shape index (κ1) is 17.6. The molecule has 28 heavy (non-hydrogen) atoms. The van der Waals surface area contributed by atoms with Crippen LogP contribution < -0.4 is 4.90 Å². The van der Waals surface area contributed by atoms with Crippen LogP contribution in [0.15, 0.2) is 42.6 Å². The number of hydrogen-bond acceptors (Lipinski definition) is 3. The van der Waals surface area contributed by atoms with Crippen LogP contribution >= 0.6 is 11.6 Å². The molecule has 2 aromatic heterocycles. The predicted molar refractivity (Wildman–Crippen MR) is 112 cm³/mol. The molecule has 3 aromatic rings. The van der Waals surface area contributed by atoms with Gasteiger partial charge in [0.15, 0.2) is 0 Å². The highest BCUT2D eigenvalue weighted by Gasteiger charge is 2.32. The maximum Gasteiger partial charge on any atom is 0.226 e. The van der Waals surface area contributed by atoms with Gasteiger partial charge in [-0.25, -0.2) is 4.98 Å². The lowest BCUT2D eigenvalue weighted by molar-refractivity contribution is -0.136. The molecule has 1 aromatic carbocycles. The van der Waals surface area contributed by atoms with Crippen molar-refractivity contribution in [2.45, 2.75) is 19.3 Å². The molecule has 0 radical (unpaired) electrons. The molecule has 0 saturated carbocycles. The second-order valence-corrected chi connectivity index (χ2v) is 8.15. The number of rotatable bonds is 2. The zero-order valence-electron chi connectivity index (χ0n) is 15.7. The van der Waals surface area contributed by atoms with E-state index in [0.29, 0.717) is 5.91 Å². The van der Waals surface area contributed by atoms with Crippen LogP contribution in [0.5, 0.6) is 0 Å². The van der Waals surface area contributed by atoms with E-state index in [0.717, 1.165) is 61.8 Å². The van der Waals surface area contributed by atoms with Crippen LogP contribution in [0.25, 0.3) is 10.9 Å². The molecule has 0 spiro atoms. The molecule has 1 amide bonds. The van der Waals surface area contributed by atoms with Crippen molar-refractivity contribution in [2.75, 3.05) is 31.1 Å². The SMILES string of the molecule is O=C(C1CCc2[nH]c3ccc(Cl)cc3c2C1)N1CCN(c2ccccn2)CC1. The molecule has 5 rings (SSSR count). The predicted octanol–water partition coefficient (Wildman–Crippen LogP) is 3.67. The third kappa shape index (κ3) is 3.14. The van der Waals surface area contributed by atoms with E-state index in [1.54, 1.807) is 0 Å². The van der Waals surface area contributed by atoms with Crippen LogP contribution in [0.1, 0.15) is 17.7 Å². The Kier molecular flexibility index (Phi) is 4.47. The Labute approximate surface area is 169 Å². The zero-order valence-corrected chi connectivity index (χ0v) is 16.5. The van der Waals surface area contributed by atoms with Gasteiger partial charge in [0.1, 0.15) is 5.82 Å². The number of amides is 1.